The minimum atomic E-state index is -0.220. The van der Waals surface area contributed by atoms with Crippen molar-refractivity contribution >= 4 is 40.0 Å². The summed E-state index contributed by atoms with van der Waals surface area (Å²) in [6.45, 7) is 0.222. The molecule has 0 fully saturated rings. The Morgan fingerprint density at radius 2 is 2.04 bits per heavy atom. The Balaban J connectivity index is 1.51. The molecule has 2 heterocycles. The van der Waals surface area contributed by atoms with Crippen LogP contribution in [0.5, 0.6) is 5.75 Å². The van der Waals surface area contributed by atoms with Gasteiger partial charge >= 0.3 is 0 Å². The zero-order valence-electron chi connectivity index (χ0n) is 15.2. The normalized spacial score (nSPS) is 10.5. The molecule has 146 valence electrons. The number of hydrogen-bond acceptors (Lipinski definition) is 8. The second-order valence-corrected chi connectivity index (χ2v) is 7.38. The number of benzene rings is 1. The van der Waals surface area contributed by atoms with Crippen molar-refractivity contribution in [2.75, 3.05) is 18.2 Å². The number of nitrogens with one attached hydrogen (secondary N) is 2. The smallest absolute Gasteiger partial charge is 0.251 e. The summed E-state index contributed by atoms with van der Waals surface area (Å²) in [5.74, 6) is 1.07. The summed E-state index contributed by atoms with van der Waals surface area (Å²) in [6.07, 6.45) is 1.63. The number of nitrogens with zero attached hydrogens (tertiary/aromatic N) is 4. The molecule has 0 atom stereocenters. The van der Waals surface area contributed by atoms with E-state index in [-0.39, 0.29) is 24.1 Å². The van der Waals surface area contributed by atoms with Crippen LogP contribution < -0.4 is 15.4 Å². The van der Waals surface area contributed by atoms with Crippen molar-refractivity contribution in [3.8, 4) is 5.75 Å². The van der Waals surface area contributed by atoms with E-state index in [4.69, 9.17) is 4.74 Å². The predicted octanol–water partition coefficient (Wildman–Crippen LogP) is 1.94. The second kappa shape index (κ2) is 9.33. The van der Waals surface area contributed by atoms with Gasteiger partial charge in [-0.15, -0.1) is 21.5 Å². The SMILES string of the molecule is COc1ccc(C(=O)NCc2nnc(SCC(=O)Nc3nccs3)n2C)cc1. The largest absolute Gasteiger partial charge is 0.497 e. The van der Waals surface area contributed by atoms with Gasteiger partial charge < -0.3 is 19.9 Å². The number of carbonyl (C=O) groups is 2. The number of carbonyl (C=O) groups excluding carboxylic acids is 2. The standard InChI is InChI=1S/C17H18N6O3S2/c1-23-13(9-19-15(25)11-3-5-12(26-2)6-4-11)21-22-17(23)28-10-14(24)20-16-18-7-8-27-16/h3-8H,9-10H2,1-2H3,(H,19,25)(H,18,20,24). The average Bonchev–Trinajstić information content (AvgIpc) is 3.34. The van der Waals surface area contributed by atoms with Crippen LogP contribution in [0.4, 0.5) is 5.13 Å². The van der Waals surface area contributed by atoms with Gasteiger partial charge in [0.25, 0.3) is 5.91 Å². The fourth-order valence-electron chi connectivity index (χ4n) is 2.20. The number of rotatable bonds is 8. The molecule has 11 heteroatoms. The maximum atomic E-state index is 12.2. The molecule has 0 radical (unpaired) electrons. The molecule has 2 amide bonds. The maximum absolute atomic E-state index is 12.2. The van der Waals surface area contributed by atoms with Crippen molar-refractivity contribution in [2.45, 2.75) is 11.7 Å². The van der Waals surface area contributed by atoms with E-state index in [1.807, 2.05) is 0 Å². The Morgan fingerprint density at radius 3 is 2.71 bits per heavy atom. The molecule has 2 N–H and O–H groups in total. The number of amides is 2. The quantitative estimate of drug-likeness (QED) is 0.538. The van der Waals surface area contributed by atoms with Gasteiger partial charge in [-0.05, 0) is 24.3 Å². The number of aromatic nitrogens is 4. The number of thiazole rings is 1. The van der Waals surface area contributed by atoms with Gasteiger partial charge in [0.1, 0.15) is 5.75 Å². The van der Waals surface area contributed by atoms with Crippen LogP contribution >= 0.6 is 23.1 Å². The minimum Gasteiger partial charge on any atom is -0.497 e. The third-order valence-electron chi connectivity index (χ3n) is 3.70. The van der Waals surface area contributed by atoms with Crippen molar-refractivity contribution in [3.63, 3.8) is 0 Å². The molecule has 3 rings (SSSR count). The number of methoxy groups -OCH3 is 1. The number of anilines is 1. The molecule has 0 unspecified atom stereocenters. The van der Waals surface area contributed by atoms with Gasteiger partial charge in [-0.1, -0.05) is 11.8 Å². The van der Waals surface area contributed by atoms with Gasteiger partial charge in [-0.3, -0.25) is 9.59 Å². The van der Waals surface area contributed by atoms with Crippen LogP contribution in [0.2, 0.25) is 0 Å². The van der Waals surface area contributed by atoms with Crippen molar-refractivity contribution in [1.29, 1.82) is 0 Å². The highest BCUT2D eigenvalue weighted by atomic mass is 32.2. The summed E-state index contributed by atoms with van der Waals surface area (Å²) in [6, 6.07) is 6.83. The second-order valence-electron chi connectivity index (χ2n) is 5.54. The molecule has 3 aromatic rings. The molecule has 0 aliphatic heterocycles. The highest BCUT2D eigenvalue weighted by molar-refractivity contribution is 7.99. The average molecular weight is 419 g/mol. The Kier molecular flexibility index (Phi) is 6.61. The topological polar surface area (TPSA) is 111 Å². The molecule has 0 saturated carbocycles. The summed E-state index contributed by atoms with van der Waals surface area (Å²) < 4.78 is 6.82. The zero-order valence-corrected chi connectivity index (χ0v) is 16.8. The lowest BCUT2D eigenvalue weighted by Crippen LogP contribution is -2.24. The first-order valence-corrected chi connectivity index (χ1v) is 10.1. The van der Waals surface area contributed by atoms with E-state index in [2.05, 4.69) is 25.8 Å². The van der Waals surface area contributed by atoms with Crippen molar-refractivity contribution < 1.29 is 14.3 Å². The molecular weight excluding hydrogens is 400 g/mol. The van der Waals surface area contributed by atoms with Crippen LogP contribution in [0, 0.1) is 0 Å². The Morgan fingerprint density at radius 1 is 1.25 bits per heavy atom. The lowest BCUT2D eigenvalue weighted by molar-refractivity contribution is -0.113. The predicted molar refractivity (Wildman–Crippen MR) is 107 cm³/mol. The van der Waals surface area contributed by atoms with E-state index in [1.165, 1.54) is 23.1 Å². The monoisotopic (exact) mass is 418 g/mol. The molecular formula is C17H18N6O3S2. The van der Waals surface area contributed by atoms with Crippen molar-refractivity contribution in [1.82, 2.24) is 25.1 Å². The van der Waals surface area contributed by atoms with Gasteiger partial charge in [0.15, 0.2) is 16.1 Å². The number of ether oxygens (including phenoxy) is 1. The van der Waals surface area contributed by atoms with Crippen LogP contribution in [0.25, 0.3) is 0 Å². The van der Waals surface area contributed by atoms with Gasteiger partial charge in [-0.25, -0.2) is 4.98 Å². The van der Waals surface area contributed by atoms with Gasteiger partial charge in [0, 0.05) is 24.2 Å². The van der Waals surface area contributed by atoms with Gasteiger partial charge in [0.2, 0.25) is 5.91 Å². The summed E-state index contributed by atoms with van der Waals surface area (Å²) in [5, 5.41) is 16.6. The van der Waals surface area contributed by atoms with Crippen LogP contribution in [-0.4, -0.2) is 44.4 Å². The van der Waals surface area contributed by atoms with Gasteiger partial charge in [0.05, 0.1) is 19.4 Å². The Labute approximate surface area is 169 Å². The lowest BCUT2D eigenvalue weighted by atomic mass is 10.2. The molecule has 0 aliphatic rings. The first-order chi connectivity index (χ1) is 13.6. The van der Waals surface area contributed by atoms with E-state index >= 15 is 0 Å². The Bertz CT molecular complexity index is 940. The highest BCUT2D eigenvalue weighted by Gasteiger charge is 2.13. The summed E-state index contributed by atoms with van der Waals surface area (Å²) >= 11 is 2.62. The molecule has 1 aromatic carbocycles. The van der Waals surface area contributed by atoms with Gasteiger partial charge in [-0.2, -0.15) is 0 Å². The summed E-state index contributed by atoms with van der Waals surface area (Å²) in [7, 11) is 3.36. The summed E-state index contributed by atoms with van der Waals surface area (Å²) in [5.41, 5.74) is 0.524. The summed E-state index contributed by atoms with van der Waals surface area (Å²) in [4.78, 5) is 28.2. The Hall–Kier alpha value is -2.92. The first kappa shape index (κ1) is 19.8. The number of hydrogen-bond donors (Lipinski definition) is 2. The van der Waals surface area contributed by atoms with E-state index in [9.17, 15) is 9.59 Å². The fourth-order valence-corrected chi connectivity index (χ4v) is 3.47. The van der Waals surface area contributed by atoms with Crippen molar-refractivity contribution in [2.24, 2.45) is 7.05 Å². The minimum absolute atomic E-state index is 0.169. The van der Waals surface area contributed by atoms with Crippen LogP contribution in [0.3, 0.4) is 0 Å². The van der Waals surface area contributed by atoms with Crippen LogP contribution in [0.1, 0.15) is 16.2 Å². The molecule has 0 saturated heterocycles. The highest BCUT2D eigenvalue weighted by Crippen LogP contribution is 2.17. The molecule has 0 bridgehead atoms. The lowest BCUT2D eigenvalue weighted by Gasteiger charge is -2.07. The third kappa shape index (κ3) is 5.08. The van der Waals surface area contributed by atoms with E-state index in [0.717, 1.165) is 0 Å². The molecule has 28 heavy (non-hydrogen) atoms. The van der Waals surface area contributed by atoms with Crippen molar-refractivity contribution in [3.05, 3.63) is 47.2 Å². The number of thioether (sulfide) groups is 1. The zero-order chi connectivity index (χ0) is 19.9. The molecule has 2 aromatic heterocycles. The van der Waals surface area contributed by atoms with E-state index in [0.29, 0.717) is 27.4 Å². The molecule has 9 nitrogen and oxygen atoms in total. The third-order valence-corrected chi connectivity index (χ3v) is 5.40. The first-order valence-electron chi connectivity index (χ1n) is 8.19. The maximum Gasteiger partial charge on any atom is 0.251 e. The molecule has 0 spiro atoms. The fraction of sp³-hybridized carbons (Fsp3) is 0.235. The van der Waals surface area contributed by atoms with Crippen LogP contribution in [0.15, 0.2) is 41.0 Å². The van der Waals surface area contributed by atoms with E-state index < -0.39 is 0 Å². The van der Waals surface area contributed by atoms with Crippen LogP contribution in [-0.2, 0) is 18.4 Å². The molecule has 0 aliphatic carbocycles. The van der Waals surface area contributed by atoms with E-state index in [1.54, 1.807) is 54.6 Å².